The van der Waals surface area contributed by atoms with Crippen molar-refractivity contribution in [1.29, 1.82) is 0 Å². The number of ether oxygens (including phenoxy) is 1. The zero-order valence-corrected chi connectivity index (χ0v) is 11.2. The summed E-state index contributed by atoms with van der Waals surface area (Å²) in [7, 11) is 5.40. The molecule has 0 aliphatic rings. The summed E-state index contributed by atoms with van der Waals surface area (Å²) in [6.07, 6.45) is 1.48. The van der Waals surface area contributed by atoms with Crippen LogP contribution >= 0.6 is 0 Å². The highest BCUT2D eigenvalue weighted by molar-refractivity contribution is 5.77. The standard InChI is InChI=1S/C13H17N5O/c1-18(2)13-11(14)12(15-8-16-13)17-9-4-6-10(19-3)7-5-9/h4-8H,14H2,1-3H3,(H,15,16,17). The Hall–Kier alpha value is -2.50. The van der Waals surface area contributed by atoms with Gasteiger partial charge in [0.1, 0.15) is 17.8 Å². The molecule has 6 heteroatoms. The van der Waals surface area contributed by atoms with Crippen molar-refractivity contribution in [3.8, 4) is 5.75 Å². The van der Waals surface area contributed by atoms with Crippen molar-refractivity contribution < 1.29 is 4.74 Å². The Bertz CT molecular complexity index is 553. The molecule has 0 radical (unpaired) electrons. The van der Waals surface area contributed by atoms with Gasteiger partial charge in [-0.2, -0.15) is 0 Å². The van der Waals surface area contributed by atoms with Crippen LogP contribution in [0.15, 0.2) is 30.6 Å². The molecule has 19 heavy (non-hydrogen) atoms. The molecule has 6 nitrogen and oxygen atoms in total. The number of hydrogen-bond acceptors (Lipinski definition) is 6. The summed E-state index contributed by atoms with van der Waals surface area (Å²) in [4.78, 5) is 10.1. The van der Waals surface area contributed by atoms with Gasteiger partial charge in [-0.1, -0.05) is 0 Å². The monoisotopic (exact) mass is 259 g/mol. The van der Waals surface area contributed by atoms with Gasteiger partial charge < -0.3 is 20.7 Å². The lowest BCUT2D eigenvalue weighted by Crippen LogP contribution is -2.14. The molecular weight excluding hydrogens is 242 g/mol. The first-order chi connectivity index (χ1) is 9.11. The van der Waals surface area contributed by atoms with E-state index in [2.05, 4.69) is 15.3 Å². The van der Waals surface area contributed by atoms with Crippen LogP contribution in [0.3, 0.4) is 0 Å². The number of nitrogens with two attached hydrogens (primary N) is 1. The van der Waals surface area contributed by atoms with Crippen LogP contribution in [0, 0.1) is 0 Å². The van der Waals surface area contributed by atoms with Crippen LogP contribution in [0.4, 0.5) is 23.0 Å². The highest BCUT2D eigenvalue weighted by Crippen LogP contribution is 2.27. The van der Waals surface area contributed by atoms with E-state index in [0.717, 1.165) is 11.4 Å². The summed E-state index contributed by atoms with van der Waals surface area (Å²) in [6, 6.07) is 7.53. The van der Waals surface area contributed by atoms with Crippen molar-refractivity contribution in [1.82, 2.24) is 9.97 Å². The molecule has 1 heterocycles. The second-order valence-electron chi connectivity index (χ2n) is 4.21. The van der Waals surface area contributed by atoms with E-state index in [1.165, 1.54) is 6.33 Å². The summed E-state index contributed by atoms with van der Waals surface area (Å²) < 4.78 is 5.11. The molecule has 1 aromatic carbocycles. The summed E-state index contributed by atoms with van der Waals surface area (Å²) in [6.45, 7) is 0. The van der Waals surface area contributed by atoms with Gasteiger partial charge in [0.2, 0.25) is 0 Å². The van der Waals surface area contributed by atoms with E-state index >= 15 is 0 Å². The van der Waals surface area contributed by atoms with Crippen molar-refractivity contribution in [3.63, 3.8) is 0 Å². The van der Waals surface area contributed by atoms with Crippen molar-refractivity contribution in [3.05, 3.63) is 30.6 Å². The van der Waals surface area contributed by atoms with E-state index in [-0.39, 0.29) is 0 Å². The fourth-order valence-electron chi connectivity index (χ4n) is 1.65. The largest absolute Gasteiger partial charge is 0.497 e. The van der Waals surface area contributed by atoms with Crippen molar-refractivity contribution in [2.75, 3.05) is 37.2 Å². The van der Waals surface area contributed by atoms with Gasteiger partial charge in [0.05, 0.1) is 7.11 Å². The number of nitrogens with zero attached hydrogens (tertiary/aromatic N) is 3. The van der Waals surface area contributed by atoms with Crippen LogP contribution in [0.25, 0.3) is 0 Å². The van der Waals surface area contributed by atoms with E-state index in [9.17, 15) is 0 Å². The van der Waals surface area contributed by atoms with Crippen LogP contribution in [0.2, 0.25) is 0 Å². The molecule has 0 bridgehead atoms. The molecule has 3 N–H and O–H groups in total. The van der Waals surface area contributed by atoms with Gasteiger partial charge in [-0.25, -0.2) is 9.97 Å². The van der Waals surface area contributed by atoms with Gasteiger partial charge in [0.25, 0.3) is 0 Å². The predicted octanol–water partition coefficient (Wildman–Crippen LogP) is 1.88. The van der Waals surface area contributed by atoms with E-state index < -0.39 is 0 Å². The molecule has 1 aromatic heterocycles. The number of aromatic nitrogens is 2. The van der Waals surface area contributed by atoms with Crippen molar-refractivity contribution >= 4 is 23.0 Å². The minimum atomic E-state index is 0.517. The Morgan fingerprint density at radius 2 is 1.84 bits per heavy atom. The fourth-order valence-corrected chi connectivity index (χ4v) is 1.65. The second kappa shape index (κ2) is 5.43. The Kier molecular flexibility index (Phi) is 3.70. The maximum atomic E-state index is 6.03. The Morgan fingerprint density at radius 3 is 2.42 bits per heavy atom. The van der Waals surface area contributed by atoms with Crippen LogP contribution in [-0.4, -0.2) is 31.2 Å². The molecule has 0 saturated heterocycles. The molecule has 0 aliphatic heterocycles. The van der Waals surface area contributed by atoms with E-state index in [0.29, 0.717) is 17.3 Å². The molecule has 2 rings (SSSR count). The van der Waals surface area contributed by atoms with Crippen molar-refractivity contribution in [2.45, 2.75) is 0 Å². The molecule has 0 aliphatic carbocycles. The van der Waals surface area contributed by atoms with Gasteiger partial charge in [-0.15, -0.1) is 0 Å². The average molecular weight is 259 g/mol. The molecule has 0 unspecified atom stereocenters. The molecule has 2 aromatic rings. The van der Waals surface area contributed by atoms with Crippen LogP contribution in [0.1, 0.15) is 0 Å². The van der Waals surface area contributed by atoms with Crippen LogP contribution in [0.5, 0.6) is 5.75 Å². The lowest BCUT2D eigenvalue weighted by Gasteiger charge is -2.16. The van der Waals surface area contributed by atoms with E-state index in [4.69, 9.17) is 10.5 Å². The molecule has 0 atom stereocenters. The molecule has 100 valence electrons. The van der Waals surface area contributed by atoms with Gasteiger partial charge in [0.15, 0.2) is 11.6 Å². The SMILES string of the molecule is COc1ccc(Nc2ncnc(N(C)C)c2N)cc1. The zero-order chi connectivity index (χ0) is 13.8. The van der Waals surface area contributed by atoms with Gasteiger partial charge in [-0.05, 0) is 24.3 Å². The van der Waals surface area contributed by atoms with Gasteiger partial charge in [0, 0.05) is 19.8 Å². The average Bonchev–Trinajstić information content (AvgIpc) is 2.41. The zero-order valence-electron chi connectivity index (χ0n) is 11.2. The summed E-state index contributed by atoms with van der Waals surface area (Å²) >= 11 is 0. The number of nitrogen functional groups attached to an aromatic ring is 1. The third kappa shape index (κ3) is 2.85. The third-order valence-electron chi connectivity index (χ3n) is 2.64. The van der Waals surface area contributed by atoms with Crippen LogP contribution in [-0.2, 0) is 0 Å². The lowest BCUT2D eigenvalue weighted by molar-refractivity contribution is 0.415. The minimum Gasteiger partial charge on any atom is -0.497 e. The molecule has 0 fully saturated rings. The third-order valence-corrected chi connectivity index (χ3v) is 2.64. The number of nitrogens with one attached hydrogen (secondary N) is 1. The Labute approximate surface area is 112 Å². The quantitative estimate of drug-likeness (QED) is 0.873. The molecule has 0 amide bonds. The molecule has 0 spiro atoms. The second-order valence-corrected chi connectivity index (χ2v) is 4.21. The first kappa shape index (κ1) is 12.9. The summed E-state index contributed by atoms with van der Waals surface area (Å²) in [5.41, 5.74) is 7.44. The Balaban J connectivity index is 2.25. The summed E-state index contributed by atoms with van der Waals surface area (Å²) in [5, 5.41) is 3.16. The van der Waals surface area contributed by atoms with Crippen LogP contribution < -0.4 is 20.7 Å². The number of anilines is 4. The highest BCUT2D eigenvalue weighted by atomic mass is 16.5. The normalized spacial score (nSPS) is 10.1. The van der Waals surface area contributed by atoms with E-state index in [1.807, 2.05) is 43.3 Å². The lowest BCUT2D eigenvalue weighted by atomic mass is 10.3. The van der Waals surface area contributed by atoms with Gasteiger partial charge >= 0.3 is 0 Å². The Morgan fingerprint density at radius 1 is 1.16 bits per heavy atom. The number of rotatable bonds is 4. The maximum absolute atomic E-state index is 6.03. The highest BCUT2D eigenvalue weighted by Gasteiger charge is 2.09. The summed E-state index contributed by atoms with van der Waals surface area (Å²) in [5.74, 6) is 2.07. The topological polar surface area (TPSA) is 76.3 Å². The fraction of sp³-hybridized carbons (Fsp3) is 0.231. The maximum Gasteiger partial charge on any atom is 0.159 e. The van der Waals surface area contributed by atoms with Crippen molar-refractivity contribution in [2.24, 2.45) is 0 Å². The predicted molar refractivity (Wildman–Crippen MR) is 77.0 cm³/mol. The first-order valence-corrected chi connectivity index (χ1v) is 5.80. The first-order valence-electron chi connectivity index (χ1n) is 5.80. The van der Waals surface area contributed by atoms with Gasteiger partial charge in [-0.3, -0.25) is 0 Å². The molecular formula is C13H17N5O. The number of methoxy groups -OCH3 is 1. The molecule has 0 saturated carbocycles. The minimum absolute atomic E-state index is 0.517. The smallest absolute Gasteiger partial charge is 0.159 e. The van der Waals surface area contributed by atoms with E-state index in [1.54, 1.807) is 7.11 Å². The number of benzene rings is 1. The number of hydrogen-bond donors (Lipinski definition) is 2.